The number of nitrogen functional groups attached to an aromatic ring is 1. The summed E-state index contributed by atoms with van der Waals surface area (Å²) < 4.78 is 0. The number of hydrogen-bond acceptors (Lipinski definition) is 2. The summed E-state index contributed by atoms with van der Waals surface area (Å²) in [7, 11) is 0. The number of primary amides is 1. The van der Waals surface area contributed by atoms with Crippen LogP contribution in [0.25, 0.3) is 11.1 Å². The number of carbonyl (C=O) groups excluding carboxylic acids is 1. The number of amides is 1. The molecule has 1 amide bonds. The summed E-state index contributed by atoms with van der Waals surface area (Å²) in [6.45, 7) is 0. The molecule has 2 rings (SSSR count). The van der Waals surface area contributed by atoms with Gasteiger partial charge in [0.25, 0.3) is 0 Å². The third-order valence-electron chi connectivity index (χ3n) is 2.44. The maximum absolute atomic E-state index is 10.9. The van der Waals surface area contributed by atoms with E-state index < -0.39 is 5.91 Å². The highest BCUT2D eigenvalue weighted by atomic mass is 16.1. The van der Waals surface area contributed by atoms with E-state index in [1.807, 2.05) is 36.4 Å². The summed E-state index contributed by atoms with van der Waals surface area (Å²) in [6.07, 6.45) is 0. The van der Waals surface area contributed by atoms with E-state index in [4.69, 9.17) is 11.5 Å². The summed E-state index contributed by atoms with van der Waals surface area (Å²) in [4.78, 5) is 10.9. The summed E-state index contributed by atoms with van der Waals surface area (Å²) >= 11 is 0. The van der Waals surface area contributed by atoms with Crippen LogP contribution in [0.5, 0.6) is 0 Å². The molecule has 0 fully saturated rings. The van der Waals surface area contributed by atoms with Gasteiger partial charge in [-0.25, -0.2) is 0 Å². The van der Waals surface area contributed by atoms with Crippen molar-refractivity contribution in [2.45, 2.75) is 0 Å². The molecule has 0 aliphatic carbocycles. The first-order valence-electron chi connectivity index (χ1n) is 4.93. The van der Waals surface area contributed by atoms with Crippen molar-refractivity contribution >= 4 is 11.6 Å². The summed E-state index contributed by atoms with van der Waals surface area (Å²) in [5, 5.41) is 0. The SMILES string of the molecule is NC(=O)c1ccc(-c2ccccc2N)cc1. The summed E-state index contributed by atoms with van der Waals surface area (Å²) in [5.74, 6) is -0.424. The van der Waals surface area contributed by atoms with Gasteiger partial charge < -0.3 is 11.5 Å². The molecule has 0 bridgehead atoms. The molecular formula is C13H12N2O. The normalized spacial score (nSPS) is 10.0. The lowest BCUT2D eigenvalue weighted by molar-refractivity contribution is 0.100. The largest absolute Gasteiger partial charge is 0.398 e. The van der Waals surface area contributed by atoms with Gasteiger partial charge in [-0.15, -0.1) is 0 Å². The van der Waals surface area contributed by atoms with E-state index in [0.717, 1.165) is 11.1 Å². The molecule has 2 aromatic rings. The second-order valence-corrected chi connectivity index (χ2v) is 3.53. The second-order valence-electron chi connectivity index (χ2n) is 3.53. The average Bonchev–Trinajstić information content (AvgIpc) is 2.30. The molecule has 0 aliphatic rings. The standard InChI is InChI=1S/C13H12N2O/c14-12-4-2-1-3-11(12)9-5-7-10(8-6-9)13(15)16/h1-8H,14H2,(H2,15,16). The van der Waals surface area contributed by atoms with Gasteiger partial charge in [-0.05, 0) is 23.8 Å². The predicted molar refractivity (Wildman–Crippen MR) is 64.8 cm³/mol. The van der Waals surface area contributed by atoms with E-state index >= 15 is 0 Å². The first kappa shape index (κ1) is 10.2. The van der Waals surface area contributed by atoms with Crippen molar-refractivity contribution in [3.05, 3.63) is 54.1 Å². The fourth-order valence-electron chi connectivity index (χ4n) is 1.57. The first-order chi connectivity index (χ1) is 7.68. The Labute approximate surface area is 93.7 Å². The molecule has 0 radical (unpaired) electrons. The van der Waals surface area contributed by atoms with Crippen LogP contribution >= 0.6 is 0 Å². The Hall–Kier alpha value is -2.29. The van der Waals surface area contributed by atoms with Crippen LogP contribution in [0.15, 0.2) is 48.5 Å². The van der Waals surface area contributed by atoms with E-state index in [1.54, 1.807) is 12.1 Å². The zero-order chi connectivity index (χ0) is 11.5. The maximum Gasteiger partial charge on any atom is 0.248 e. The molecule has 0 atom stereocenters. The molecule has 3 heteroatoms. The number of carbonyl (C=O) groups is 1. The van der Waals surface area contributed by atoms with Crippen LogP contribution < -0.4 is 11.5 Å². The minimum absolute atomic E-state index is 0.424. The minimum atomic E-state index is -0.424. The van der Waals surface area contributed by atoms with E-state index in [1.165, 1.54) is 0 Å². The van der Waals surface area contributed by atoms with Crippen LogP contribution in [0.3, 0.4) is 0 Å². The Morgan fingerprint density at radius 1 is 0.938 bits per heavy atom. The number of anilines is 1. The van der Waals surface area contributed by atoms with Gasteiger partial charge in [0.05, 0.1) is 0 Å². The molecule has 80 valence electrons. The third kappa shape index (κ3) is 1.88. The summed E-state index contributed by atoms with van der Waals surface area (Å²) in [5.41, 5.74) is 14.2. The van der Waals surface area contributed by atoms with Crippen molar-refractivity contribution in [3.63, 3.8) is 0 Å². The van der Waals surface area contributed by atoms with Gasteiger partial charge >= 0.3 is 0 Å². The molecule has 0 spiro atoms. The minimum Gasteiger partial charge on any atom is -0.398 e. The van der Waals surface area contributed by atoms with Gasteiger partial charge in [-0.2, -0.15) is 0 Å². The smallest absolute Gasteiger partial charge is 0.248 e. The molecule has 0 saturated carbocycles. The van der Waals surface area contributed by atoms with Crippen molar-refractivity contribution in [1.82, 2.24) is 0 Å². The van der Waals surface area contributed by atoms with Gasteiger partial charge in [0.1, 0.15) is 0 Å². The number of benzene rings is 2. The fourth-order valence-corrected chi connectivity index (χ4v) is 1.57. The molecule has 0 unspecified atom stereocenters. The van der Waals surface area contributed by atoms with Gasteiger partial charge in [0, 0.05) is 16.8 Å². The zero-order valence-electron chi connectivity index (χ0n) is 8.68. The second kappa shape index (κ2) is 4.06. The van der Waals surface area contributed by atoms with Crippen LogP contribution in [-0.4, -0.2) is 5.91 Å². The molecule has 4 N–H and O–H groups in total. The highest BCUT2D eigenvalue weighted by Gasteiger charge is 2.03. The Morgan fingerprint density at radius 3 is 2.12 bits per heavy atom. The lowest BCUT2D eigenvalue weighted by Gasteiger charge is -2.05. The van der Waals surface area contributed by atoms with Gasteiger partial charge in [-0.3, -0.25) is 4.79 Å². The Morgan fingerprint density at radius 2 is 1.56 bits per heavy atom. The maximum atomic E-state index is 10.9. The van der Waals surface area contributed by atoms with E-state index in [2.05, 4.69) is 0 Å². The lowest BCUT2D eigenvalue weighted by atomic mass is 10.0. The quantitative estimate of drug-likeness (QED) is 0.748. The number of nitrogens with two attached hydrogens (primary N) is 2. The molecule has 3 nitrogen and oxygen atoms in total. The number of rotatable bonds is 2. The third-order valence-corrected chi connectivity index (χ3v) is 2.44. The lowest BCUT2D eigenvalue weighted by Crippen LogP contribution is -2.10. The molecule has 0 saturated heterocycles. The highest BCUT2D eigenvalue weighted by molar-refractivity contribution is 5.93. The van der Waals surface area contributed by atoms with Crippen molar-refractivity contribution in [2.75, 3.05) is 5.73 Å². The van der Waals surface area contributed by atoms with Crippen LogP contribution in [0.1, 0.15) is 10.4 Å². The fraction of sp³-hybridized carbons (Fsp3) is 0. The van der Waals surface area contributed by atoms with E-state index in [9.17, 15) is 4.79 Å². The molecule has 0 aromatic heterocycles. The molecule has 0 aliphatic heterocycles. The first-order valence-corrected chi connectivity index (χ1v) is 4.93. The van der Waals surface area contributed by atoms with Crippen LogP contribution in [0, 0.1) is 0 Å². The molecule has 0 heterocycles. The predicted octanol–water partition coefficient (Wildman–Crippen LogP) is 2.03. The van der Waals surface area contributed by atoms with Crippen molar-refractivity contribution in [1.29, 1.82) is 0 Å². The van der Waals surface area contributed by atoms with Crippen molar-refractivity contribution in [3.8, 4) is 11.1 Å². The molecule has 16 heavy (non-hydrogen) atoms. The molecule has 2 aromatic carbocycles. The van der Waals surface area contributed by atoms with E-state index in [0.29, 0.717) is 11.3 Å². The highest BCUT2D eigenvalue weighted by Crippen LogP contribution is 2.25. The number of hydrogen-bond donors (Lipinski definition) is 2. The monoisotopic (exact) mass is 212 g/mol. The van der Waals surface area contributed by atoms with E-state index in [-0.39, 0.29) is 0 Å². The van der Waals surface area contributed by atoms with Gasteiger partial charge in [0.2, 0.25) is 5.91 Å². The van der Waals surface area contributed by atoms with Crippen LogP contribution in [0.2, 0.25) is 0 Å². The number of para-hydroxylation sites is 1. The van der Waals surface area contributed by atoms with Gasteiger partial charge in [0.15, 0.2) is 0 Å². The van der Waals surface area contributed by atoms with Crippen molar-refractivity contribution in [2.24, 2.45) is 5.73 Å². The Balaban J connectivity index is 2.43. The topological polar surface area (TPSA) is 69.1 Å². The van der Waals surface area contributed by atoms with Crippen LogP contribution in [0.4, 0.5) is 5.69 Å². The zero-order valence-corrected chi connectivity index (χ0v) is 8.68. The van der Waals surface area contributed by atoms with Crippen LogP contribution in [-0.2, 0) is 0 Å². The Bertz CT molecular complexity index is 518. The van der Waals surface area contributed by atoms with Crippen molar-refractivity contribution < 1.29 is 4.79 Å². The van der Waals surface area contributed by atoms with Gasteiger partial charge in [-0.1, -0.05) is 30.3 Å². The summed E-state index contributed by atoms with van der Waals surface area (Å²) in [6, 6.07) is 14.7. The average molecular weight is 212 g/mol. The molecular weight excluding hydrogens is 200 g/mol. The Kier molecular flexibility index (Phi) is 2.60.